The SMILES string of the molecule is C=CC(=O)NC(C)NCC. The molecule has 0 aromatic rings. The second kappa shape index (κ2) is 4.99. The van der Waals surface area contributed by atoms with Crippen LogP contribution < -0.4 is 10.6 Å². The quantitative estimate of drug-likeness (QED) is 0.436. The largest absolute Gasteiger partial charge is 0.338 e. The Morgan fingerprint density at radius 2 is 2.40 bits per heavy atom. The van der Waals surface area contributed by atoms with Crippen LogP contribution in [0.5, 0.6) is 0 Å². The van der Waals surface area contributed by atoms with E-state index in [2.05, 4.69) is 17.2 Å². The lowest BCUT2D eigenvalue weighted by Crippen LogP contribution is -2.42. The van der Waals surface area contributed by atoms with Crippen molar-refractivity contribution in [2.24, 2.45) is 0 Å². The van der Waals surface area contributed by atoms with E-state index in [1.54, 1.807) is 0 Å². The van der Waals surface area contributed by atoms with Gasteiger partial charge in [0.2, 0.25) is 5.91 Å². The van der Waals surface area contributed by atoms with Gasteiger partial charge in [-0.2, -0.15) is 0 Å². The number of nitrogens with one attached hydrogen (secondary N) is 2. The summed E-state index contributed by atoms with van der Waals surface area (Å²) in [6, 6.07) is 0. The molecule has 58 valence electrons. The first-order chi connectivity index (χ1) is 4.70. The molecule has 0 rings (SSSR count). The molecule has 10 heavy (non-hydrogen) atoms. The van der Waals surface area contributed by atoms with E-state index in [4.69, 9.17) is 0 Å². The van der Waals surface area contributed by atoms with E-state index in [9.17, 15) is 4.79 Å². The van der Waals surface area contributed by atoms with Gasteiger partial charge in [-0.05, 0) is 19.5 Å². The number of hydrogen-bond donors (Lipinski definition) is 2. The molecular weight excluding hydrogens is 128 g/mol. The minimum atomic E-state index is -0.145. The molecular formula is C7H14N2O. The maximum atomic E-state index is 10.6. The van der Waals surface area contributed by atoms with Crippen LogP contribution in [0.25, 0.3) is 0 Å². The highest BCUT2D eigenvalue weighted by Crippen LogP contribution is 1.74. The van der Waals surface area contributed by atoms with Crippen LogP contribution in [-0.2, 0) is 4.79 Å². The highest BCUT2D eigenvalue weighted by Gasteiger charge is 1.99. The van der Waals surface area contributed by atoms with Crippen LogP contribution in [0.3, 0.4) is 0 Å². The highest BCUT2D eigenvalue weighted by atomic mass is 16.1. The summed E-state index contributed by atoms with van der Waals surface area (Å²) in [7, 11) is 0. The van der Waals surface area contributed by atoms with Gasteiger partial charge in [0.1, 0.15) is 0 Å². The summed E-state index contributed by atoms with van der Waals surface area (Å²) in [6.07, 6.45) is 1.28. The predicted molar refractivity (Wildman–Crippen MR) is 41.5 cm³/mol. The Bertz CT molecular complexity index is 123. The molecule has 0 saturated carbocycles. The molecule has 0 aromatic carbocycles. The molecule has 0 aliphatic rings. The van der Waals surface area contributed by atoms with Gasteiger partial charge in [0.25, 0.3) is 0 Å². The van der Waals surface area contributed by atoms with E-state index in [0.717, 1.165) is 6.54 Å². The van der Waals surface area contributed by atoms with Crippen molar-refractivity contribution in [1.29, 1.82) is 0 Å². The molecule has 2 N–H and O–H groups in total. The second-order valence-corrected chi connectivity index (χ2v) is 1.99. The van der Waals surface area contributed by atoms with Crippen LogP contribution >= 0.6 is 0 Å². The molecule has 0 fully saturated rings. The number of amides is 1. The molecule has 0 aliphatic carbocycles. The fourth-order valence-electron chi connectivity index (χ4n) is 0.630. The first-order valence-electron chi connectivity index (χ1n) is 3.37. The smallest absolute Gasteiger partial charge is 0.244 e. The fraction of sp³-hybridized carbons (Fsp3) is 0.571. The second-order valence-electron chi connectivity index (χ2n) is 1.99. The molecule has 1 atom stereocenters. The molecule has 0 spiro atoms. The standard InChI is InChI=1S/C7H14N2O/c1-4-7(10)9-6(3)8-5-2/h4,6,8H,1,5H2,2-3H3,(H,9,10). The molecule has 0 saturated heterocycles. The minimum Gasteiger partial charge on any atom is -0.338 e. The lowest BCUT2D eigenvalue weighted by molar-refractivity contribution is -0.117. The summed E-state index contributed by atoms with van der Waals surface area (Å²) in [4.78, 5) is 10.6. The van der Waals surface area contributed by atoms with Gasteiger partial charge in [-0.25, -0.2) is 0 Å². The van der Waals surface area contributed by atoms with E-state index in [1.807, 2.05) is 13.8 Å². The highest BCUT2D eigenvalue weighted by molar-refractivity contribution is 5.86. The summed E-state index contributed by atoms with van der Waals surface area (Å²) in [5.74, 6) is -0.145. The Labute approximate surface area is 61.5 Å². The summed E-state index contributed by atoms with van der Waals surface area (Å²) in [5, 5.41) is 5.69. The fourth-order valence-corrected chi connectivity index (χ4v) is 0.630. The molecule has 3 heteroatoms. The monoisotopic (exact) mass is 142 g/mol. The van der Waals surface area contributed by atoms with Gasteiger partial charge in [0.05, 0.1) is 6.17 Å². The zero-order valence-corrected chi connectivity index (χ0v) is 6.48. The molecule has 0 bridgehead atoms. The van der Waals surface area contributed by atoms with Gasteiger partial charge in [-0.15, -0.1) is 0 Å². The number of carbonyl (C=O) groups excluding carboxylic acids is 1. The van der Waals surface area contributed by atoms with Crippen LogP contribution in [0.2, 0.25) is 0 Å². The zero-order valence-electron chi connectivity index (χ0n) is 6.48. The normalized spacial score (nSPS) is 12.2. The Morgan fingerprint density at radius 1 is 1.80 bits per heavy atom. The summed E-state index contributed by atoms with van der Waals surface area (Å²) < 4.78 is 0. The number of rotatable bonds is 4. The van der Waals surface area contributed by atoms with Crippen molar-refractivity contribution in [3.8, 4) is 0 Å². The minimum absolute atomic E-state index is 0.0236. The average molecular weight is 142 g/mol. The van der Waals surface area contributed by atoms with Crippen LogP contribution in [0, 0.1) is 0 Å². The molecule has 3 nitrogen and oxygen atoms in total. The third-order valence-electron chi connectivity index (χ3n) is 1.05. The van der Waals surface area contributed by atoms with Crippen molar-refractivity contribution in [1.82, 2.24) is 10.6 Å². The van der Waals surface area contributed by atoms with Crippen molar-refractivity contribution in [2.45, 2.75) is 20.0 Å². The average Bonchev–Trinajstić information content (AvgIpc) is 1.88. The summed E-state index contributed by atoms with van der Waals surface area (Å²) >= 11 is 0. The van der Waals surface area contributed by atoms with Gasteiger partial charge in [-0.3, -0.25) is 10.1 Å². The summed E-state index contributed by atoms with van der Waals surface area (Å²) in [6.45, 7) is 8.04. The lowest BCUT2D eigenvalue weighted by Gasteiger charge is -2.11. The lowest BCUT2D eigenvalue weighted by atomic mass is 10.5. The van der Waals surface area contributed by atoms with Crippen LogP contribution in [0.15, 0.2) is 12.7 Å². The number of carbonyl (C=O) groups is 1. The van der Waals surface area contributed by atoms with Crippen LogP contribution in [0.1, 0.15) is 13.8 Å². The topological polar surface area (TPSA) is 41.1 Å². The maximum Gasteiger partial charge on any atom is 0.244 e. The predicted octanol–water partition coefficient (Wildman–Crippen LogP) is 0.244. The van der Waals surface area contributed by atoms with E-state index in [1.165, 1.54) is 6.08 Å². The van der Waals surface area contributed by atoms with E-state index < -0.39 is 0 Å². The molecule has 0 aliphatic heterocycles. The van der Waals surface area contributed by atoms with Gasteiger partial charge in [0.15, 0.2) is 0 Å². The van der Waals surface area contributed by atoms with Crippen LogP contribution in [0.4, 0.5) is 0 Å². The Hall–Kier alpha value is -0.830. The van der Waals surface area contributed by atoms with Gasteiger partial charge >= 0.3 is 0 Å². The first kappa shape index (κ1) is 9.17. The molecule has 1 unspecified atom stereocenters. The number of hydrogen-bond acceptors (Lipinski definition) is 2. The van der Waals surface area contributed by atoms with Crippen molar-refractivity contribution < 1.29 is 4.79 Å². The summed E-state index contributed by atoms with van der Waals surface area (Å²) in [5.41, 5.74) is 0. The molecule has 1 amide bonds. The third kappa shape index (κ3) is 4.09. The Morgan fingerprint density at radius 3 is 2.80 bits per heavy atom. The molecule has 0 radical (unpaired) electrons. The van der Waals surface area contributed by atoms with E-state index >= 15 is 0 Å². The Kier molecular flexibility index (Phi) is 4.58. The van der Waals surface area contributed by atoms with Gasteiger partial charge < -0.3 is 5.32 Å². The van der Waals surface area contributed by atoms with Crippen molar-refractivity contribution >= 4 is 5.91 Å². The molecule has 0 aromatic heterocycles. The zero-order chi connectivity index (χ0) is 7.98. The van der Waals surface area contributed by atoms with E-state index in [0.29, 0.717) is 0 Å². The Balaban J connectivity index is 3.46. The van der Waals surface area contributed by atoms with Gasteiger partial charge in [0, 0.05) is 0 Å². The van der Waals surface area contributed by atoms with Crippen molar-refractivity contribution in [3.05, 3.63) is 12.7 Å². The first-order valence-corrected chi connectivity index (χ1v) is 3.37. The maximum absolute atomic E-state index is 10.6. The van der Waals surface area contributed by atoms with E-state index in [-0.39, 0.29) is 12.1 Å². The molecule has 0 heterocycles. The van der Waals surface area contributed by atoms with Gasteiger partial charge in [-0.1, -0.05) is 13.5 Å². The van der Waals surface area contributed by atoms with Crippen molar-refractivity contribution in [2.75, 3.05) is 6.54 Å². The van der Waals surface area contributed by atoms with Crippen molar-refractivity contribution in [3.63, 3.8) is 0 Å². The third-order valence-corrected chi connectivity index (χ3v) is 1.05. The van der Waals surface area contributed by atoms with Crippen LogP contribution in [-0.4, -0.2) is 18.6 Å².